The lowest BCUT2D eigenvalue weighted by molar-refractivity contribution is 0.0596. The Kier molecular flexibility index (Phi) is 7.86. The van der Waals surface area contributed by atoms with Gasteiger partial charge in [-0.2, -0.15) is 0 Å². The first-order chi connectivity index (χ1) is 14.8. The zero-order chi connectivity index (χ0) is 23.9. The van der Waals surface area contributed by atoms with Crippen molar-refractivity contribution < 1.29 is 19.1 Å². The lowest BCUT2D eigenvalue weighted by atomic mass is 10.2. The first kappa shape index (κ1) is 24.7. The molecule has 3 rings (SSSR count). The van der Waals surface area contributed by atoms with Gasteiger partial charge in [-0.25, -0.2) is 14.6 Å². The molecule has 32 heavy (non-hydrogen) atoms. The van der Waals surface area contributed by atoms with Crippen molar-refractivity contribution >= 4 is 29.0 Å². The summed E-state index contributed by atoms with van der Waals surface area (Å²) in [6.07, 6.45) is 0.776. The summed E-state index contributed by atoms with van der Waals surface area (Å²) in [4.78, 5) is 26.3. The fourth-order valence-electron chi connectivity index (χ4n) is 2.77. The molecule has 3 N–H and O–H groups in total. The highest BCUT2D eigenvalue weighted by Gasteiger charge is 2.17. The van der Waals surface area contributed by atoms with Crippen molar-refractivity contribution in [2.24, 2.45) is 5.73 Å². The van der Waals surface area contributed by atoms with E-state index < -0.39 is 23.4 Å². The van der Waals surface area contributed by atoms with Crippen molar-refractivity contribution in [1.29, 1.82) is 0 Å². The molecule has 0 aliphatic heterocycles. The predicted molar refractivity (Wildman–Crippen MR) is 126 cm³/mol. The van der Waals surface area contributed by atoms with Crippen LogP contribution in [0.4, 0.5) is 15.4 Å². The van der Waals surface area contributed by atoms with Gasteiger partial charge in [0.2, 0.25) is 0 Å². The highest BCUT2D eigenvalue weighted by Crippen LogP contribution is 2.19. The third-order valence-corrected chi connectivity index (χ3v) is 3.86. The van der Waals surface area contributed by atoms with Crippen molar-refractivity contribution in [3.63, 3.8) is 0 Å². The Morgan fingerprint density at radius 3 is 2.09 bits per heavy atom. The Hall–Kier alpha value is -3.55. The molecule has 0 radical (unpaired) electrons. The molecule has 0 aliphatic carbocycles. The molecular weight excluding hydrogens is 408 g/mol. The normalized spacial score (nSPS) is 11.3. The summed E-state index contributed by atoms with van der Waals surface area (Å²) < 4.78 is 12.0. The van der Waals surface area contributed by atoms with Crippen LogP contribution < -0.4 is 11.1 Å². The highest BCUT2D eigenvalue weighted by atomic mass is 16.6. The van der Waals surface area contributed by atoms with Crippen LogP contribution in [0.2, 0.25) is 0 Å². The highest BCUT2D eigenvalue weighted by molar-refractivity contribution is 5.86. The van der Waals surface area contributed by atoms with E-state index in [0.717, 1.165) is 17.6 Å². The predicted octanol–water partition coefficient (Wildman–Crippen LogP) is 5.31. The van der Waals surface area contributed by atoms with Crippen LogP contribution >= 0.6 is 0 Å². The average molecular weight is 441 g/mol. The molecule has 0 fully saturated rings. The molecule has 8 nitrogen and oxygen atoms in total. The lowest BCUT2D eigenvalue weighted by Gasteiger charge is -2.19. The van der Waals surface area contributed by atoms with Crippen LogP contribution in [0.15, 0.2) is 54.7 Å². The van der Waals surface area contributed by atoms with Gasteiger partial charge in [0.05, 0.1) is 11.0 Å². The Bertz CT molecular complexity index is 1050. The molecule has 0 atom stereocenters. The molecular formula is C24H32N4O4. The van der Waals surface area contributed by atoms with Gasteiger partial charge < -0.3 is 19.8 Å². The van der Waals surface area contributed by atoms with E-state index in [1.54, 1.807) is 26.8 Å². The number of ether oxygens (including phenoxy) is 2. The van der Waals surface area contributed by atoms with Gasteiger partial charge in [-0.1, -0.05) is 30.3 Å². The number of carbonyl (C=O) groups excluding carboxylic acids is 2. The first-order valence-electron chi connectivity index (χ1n) is 10.3. The molecule has 2 amide bonds. The van der Waals surface area contributed by atoms with E-state index in [2.05, 4.69) is 31.7 Å². The van der Waals surface area contributed by atoms with Crippen molar-refractivity contribution in [1.82, 2.24) is 9.55 Å². The minimum Gasteiger partial charge on any atom is -0.444 e. The zero-order valence-electron chi connectivity index (χ0n) is 19.5. The summed E-state index contributed by atoms with van der Waals surface area (Å²) in [5.74, 6) is 0.481. The summed E-state index contributed by atoms with van der Waals surface area (Å²) in [5.41, 5.74) is 6.81. The van der Waals surface area contributed by atoms with Crippen LogP contribution in [-0.2, 0) is 16.0 Å². The SMILES string of the molecule is CC(C)(C)OC(=O)Nc1ccc2c(ccn2Cc2ccccc2)n1.CC(C)(C)OC(N)=O. The second kappa shape index (κ2) is 10.2. The van der Waals surface area contributed by atoms with E-state index in [4.69, 9.17) is 10.5 Å². The zero-order valence-corrected chi connectivity index (χ0v) is 19.5. The second-order valence-corrected chi connectivity index (χ2v) is 9.19. The maximum absolute atomic E-state index is 11.8. The number of primary amides is 1. The quantitative estimate of drug-likeness (QED) is 0.573. The van der Waals surface area contributed by atoms with Gasteiger partial charge in [-0.15, -0.1) is 0 Å². The van der Waals surface area contributed by atoms with Gasteiger partial charge in [-0.05, 0) is 65.3 Å². The molecule has 0 saturated carbocycles. The maximum Gasteiger partial charge on any atom is 0.413 e. The van der Waals surface area contributed by atoms with Gasteiger partial charge in [0.25, 0.3) is 0 Å². The molecule has 3 aromatic rings. The number of hydrogen-bond donors (Lipinski definition) is 2. The number of hydrogen-bond acceptors (Lipinski definition) is 5. The number of rotatable bonds is 3. The Morgan fingerprint density at radius 2 is 1.56 bits per heavy atom. The van der Waals surface area contributed by atoms with Crippen molar-refractivity contribution in [2.45, 2.75) is 59.3 Å². The van der Waals surface area contributed by atoms with Crippen molar-refractivity contribution in [3.8, 4) is 0 Å². The van der Waals surface area contributed by atoms with Crippen LogP contribution in [0.25, 0.3) is 11.0 Å². The van der Waals surface area contributed by atoms with Crippen LogP contribution in [0.3, 0.4) is 0 Å². The molecule has 0 aliphatic rings. The van der Waals surface area contributed by atoms with Gasteiger partial charge in [0.1, 0.15) is 17.0 Å². The van der Waals surface area contributed by atoms with Gasteiger partial charge in [0, 0.05) is 12.7 Å². The van der Waals surface area contributed by atoms with Crippen LogP contribution in [0, 0.1) is 0 Å². The van der Waals surface area contributed by atoms with E-state index in [0.29, 0.717) is 5.82 Å². The fraction of sp³-hybridized carbons (Fsp3) is 0.375. The molecule has 0 saturated heterocycles. The van der Waals surface area contributed by atoms with E-state index in [-0.39, 0.29) is 0 Å². The molecule has 8 heteroatoms. The van der Waals surface area contributed by atoms with E-state index in [1.165, 1.54) is 5.56 Å². The lowest BCUT2D eigenvalue weighted by Crippen LogP contribution is -2.27. The first-order valence-corrected chi connectivity index (χ1v) is 10.3. The van der Waals surface area contributed by atoms with Crippen LogP contribution in [0.1, 0.15) is 47.1 Å². The van der Waals surface area contributed by atoms with Crippen LogP contribution in [0.5, 0.6) is 0 Å². The number of carbonyl (C=O) groups is 2. The summed E-state index contributed by atoms with van der Waals surface area (Å²) in [6.45, 7) is 11.5. The molecule has 0 spiro atoms. The number of nitrogens with one attached hydrogen (secondary N) is 1. The minimum absolute atomic E-state index is 0.453. The molecule has 0 bridgehead atoms. The molecule has 2 heterocycles. The maximum atomic E-state index is 11.8. The number of benzene rings is 1. The van der Waals surface area contributed by atoms with Crippen molar-refractivity contribution in [3.05, 3.63) is 60.3 Å². The van der Waals surface area contributed by atoms with Gasteiger partial charge in [-0.3, -0.25) is 5.32 Å². The largest absolute Gasteiger partial charge is 0.444 e. The third-order valence-electron chi connectivity index (χ3n) is 3.86. The van der Waals surface area contributed by atoms with Crippen LogP contribution in [-0.4, -0.2) is 32.9 Å². The number of amides is 2. The summed E-state index contributed by atoms with van der Waals surface area (Å²) in [5, 5.41) is 2.67. The molecule has 2 aromatic heterocycles. The third kappa shape index (κ3) is 8.67. The summed E-state index contributed by atoms with van der Waals surface area (Å²) in [7, 11) is 0. The molecule has 0 unspecified atom stereocenters. The Labute approximate surface area is 188 Å². The Morgan fingerprint density at radius 1 is 0.938 bits per heavy atom. The minimum atomic E-state index is -0.725. The summed E-state index contributed by atoms with van der Waals surface area (Å²) >= 11 is 0. The van der Waals surface area contributed by atoms with E-state index in [1.807, 2.05) is 57.3 Å². The van der Waals surface area contributed by atoms with E-state index >= 15 is 0 Å². The number of pyridine rings is 1. The summed E-state index contributed by atoms with van der Waals surface area (Å²) in [6, 6.07) is 15.9. The number of fused-ring (bicyclic) bond motifs is 1. The number of anilines is 1. The topological polar surface area (TPSA) is 108 Å². The average Bonchev–Trinajstić information content (AvgIpc) is 3.01. The van der Waals surface area contributed by atoms with Gasteiger partial charge in [0.15, 0.2) is 0 Å². The number of aromatic nitrogens is 2. The number of nitrogens with zero attached hydrogens (tertiary/aromatic N) is 2. The number of nitrogens with two attached hydrogens (primary N) is 1. The Balaban J connectivity index is 0.000000390. The monoisotopic (exact) mass is 440 g/mol. The standard InChI is InChI=1S/C19H21N3O2.C5H11NO2/c1-19(2,3)24-18(23)21-17-10-9-16-15(20-17)11-12-22(16)13-14-7-5-4-6-8-14;1-5(2,3)8-4(6)7/h4-12H,13H2,1-3H3,(H,20,21,23);1-3H3,(H2,6,7). The molecule has 172 valence electrons. The second-order valence-electron chi connectivity index (χ2n) is 9.19. The fourth-order valence-corrected chi connectivity index (χ4v) is 2.77. The smallest absolute Gasteiger partial charge is 0.413 e. The van der Waals surface area contributed by atoms with Gasteiger partial charge >= 0.3 is 12.2 Å². The molecule has 1 aromatic carbocycles. The van der Waals surface area contributed by atoms with Crippen molar-refractivity contribution in [2.75, 3.05) is 5.32 Å². The van der Waals surface area contributed by atoms with E-state index in [9.17, 15) is 9.59 Å².